The fourth-order valence-electron chi connectivity index (χ4n) is 2.96. The van der Waals surface area contributed by atoms with Gasteiger partial charge in [-0.15, -0.1) is 0 Å². The third kappa shape index (κ3) is 8.80. The quantitative estimate of drug-likeness (QED) is 0.275. The van der Waals surface area contributed by atoms with Crippen LogP contribution in [0.5, 0.6) is 17.2 Å². The highest BCUT2D eigenvalue weighted by Gasteiger charge is 2.00. The standard InChI is InChI=1S/C22H32N2O3/c25-20-8-5-18(6-9-20)11-15-23-13-3-1-2-4-14-24-16-12-19-7-10-21(26)22(27)17-19/h5-10,17,23-27H,1-4,11-16H2. The molecule has 2 rings (SSSR count). The summed E-state index contributed by atoms with van der Waals surface area (Å²) in [5.41, 5.74) is 2.27. The van der Waals surface area contributed by atoms with Gasteiger partial charge in [0.1, 0.15) is 5.75 Å². The first kappa shape index (κ1) is 21.1. The molecule has 0 amide bonds. The zero-order valence-electron chi connectivity index (χ0n) is 16.0. The van der Waals surface area contributed by atoms with E-state index in [1.54, 1.807) is 18.2 Å². The predicted molar refractivity (Wildman–Crippen MR) is 109 cm³/mol. The Morgan fingerprint density at radius 1 is 0.556 bits per heavy atom. The van der Waals surface area contributed by atoms with Gasteiger partial charge in [-0.3, -0.25) is 0 Å². The smallest absolute Gasteiger partial charge is 0.157 e. The van der Waals surface area contributed by atoms with Crippen molar-refractivity contribution in [2.75, 3.05) is 26.2 Å². The molecule has 0 unspecified atom stereocenters. The maximum Gasteiger partial charge on any atom is 0.157 e. The third-order valence-corrected chi connectivity index (χ3v) is 4.61. The zero-order chi connectivity index (χ0) is 19.3. The Morgan fingerprint density at radius 3 is 1.70 bits per heavy atom. The Labute approximate surface area is 162 Å². The van der Waals surface area contributed by atoms with Gasteiger partial charge in [0.05, 0.1) is 0 Å². The SMILES string of the molecule is Oc1ccc(CCNCCCCCCNCCc2ccc(O)c(O)c2)cc1. The first-order valence-corrected chi connectivity index (χ1v) is 9.85. The summed E-state index contributed by atoms with van der Waals surface area (Å²) >= 11 is 0. The van der Waals surface area contributed by atoms with E-state index in [9.17, 15) is 15.3 Å². The van der Waals surface area contributed by atoms with E-state index in [0.717, 1.165) is 44.6 Å². The lowest BCUT2D eigenvalue weighted by molar-refractivity contribution is 0.403. The van der Waals surface area contributed by atoms with E-state index in [1.165, 1.54) is 37.3 Å². The molecule has 0 aliphatic carbocycles. The topological polar surface area (TPSA) is 84.8 Å². The van der Waals surface area contributed by atoms with E-state index in [-0.39, 0.29) is 11.5 Å². The first-order valence-electron chi connectivity index (χ1n) is 9.85. The maximum absolute atomic E-state index is 9.46. The molecule has 0 saturated carbocycles. The van der Waals surface area contributed by atoms with Crippen molar-refractivity contribution in [1.82, 2.24) is 10.6 Å². The van der Waals surface area contributed by atoms with Gasteiger partial charge in [-0.05, 0) is 87.3 Å². The molecule has 0 aliphatic heterocycles. The van der Waals surface area contributed by atoms with Gasteiger partial charge in [-0.25, -0.2) is 0 Å². The molecular weight excluding hydrogens is 340 g/mol. The molecule has 0 bridgehead atoms. The summed E-state index contributed by atoms with van der Waals surface area (Å²) in [4.78, 5) is 0. The minimum Gasteiger partial charge on any atom is -0.508 e. The van der Waals surface area contributed by atoms with Crippen LogP contribution < -0.4 is 10.6 Å². The van der Waals surface area contributed by atoms with Gasteiger partial charge in [0.2, 0.25) is 0 Å². The molecule has 0 saturated heterocycles. The molecule has 0 heterocycles. The summed E-state index contributed by atoms with van der Waals surface area (Å²) in [7, 11) is 0. The molecule has 0 atom stereocenters. The highest BCUT2D eigenvalue weighted by molar-refractivity contribution is 5.40. The number of hydrogen-bond donors (Lipinski definition) is 5. The maximum atomic E-state index is 9.46. The Balaban J connectivity index is 1.37. The van der Waals surface area contributed by atoms with Gasteiger partial charge in [0, 0.05) is 0 Å². The van der Waals surface area contributed by atoms with Crippen molar-refractivity contribution in [3.63, 3.8) is 0 Å². The summed E-state index contributed by atoms with van der Waals surface area (Å²) in [5.74, 6) is 0.201. The van der Waals surface area contributed by atoms with E-state index in [1.807, 2.05) is 18.2 Å². The van der Waals surface area contributed by atoms with Crippen molar-refractivity contribution in [3.05, 3.63) is 53.6 Å². The van der Waals surface area contributed by atoms with E-state index in [2.05, 4.69) is 10.6 Å². The number of unbranched alkanes of at least 4 members (excludes halogenated alkanes) is 3. The fourth-order valence-corrected chi connectivity index (χ4v) is 2.96. The summed E-state index contributed by atoms with van der Waals surface area (Å²) in [6, 6.07) is 12.4. The van der Waals surface area contributed by atoms with Gasteiger partial charge in [0.15, 0.2) is 11.5 Å². The summed E-state index contributed by atoms with van der Waals surface area (Å²) in [5, 5.41) is 34.9. The second-order valence-electron chi connectivity index (χ2n) is 6.90. The molecule has 0 fully saturated rings. The Morgan fingerprint density at radius 2 is 1.11 bits per heavy atom. The molecule has 148 valence electrons. The average molecular weight is 373 g/mol. The van der Waals surface area contributed by atoms with Gasteiger partial charge in [-0.1, -0.05) is 31.0 Å². The van der Waals surface area contributed by atoms with Crippen LogP contribution in [0.3, 0.4) is 0 Å². The molecule has 5 N–H and O–H groups in total. The normalized spacial score (nSPS) is 11.0. The summed E-state index contributed by atoms with van der Waals surface area (Å²) in [6.45, 7) is 3.91. The number of nitrogens with one attached hydrogen (secondary N) is 2. The minimum atomic E-state index is -0.0680. The minimum absolute atomic E-state index is 0.0517. The molecule has 5 nitrogen and oxygen atoms in total. The van der Waals surface area contributed by atoms with Crippen LogP contribution in [0.4, 0.5) is 0 Å². The number of benzene rings is 2. The molecule has 0 aromatic heterocycles. The third-order valence-electron chi connectivity index (χ3n) is 4.61. The summed E-state index contributed by atoms with van der Waals surface area (Å²) in [6.07, 6.45) is 6.67. The largest absolute Gasteiger partial charge is 0.508 e. The number of aromatic hydroxyl groups is 3. The molecule has 2 aromatic rings. The Kier molecular flexibility index (Phi) is 9.52. The van der Waals surface area contributed by atoms with Crippen LogP contribution in [0.15, 0.2) is 42.5 Å². The summed E-state index contributed by atoms with van der Waals surface area (Å²) < 4.78 is 0. The Bertz CT molecular complexity index is 659. The van der Waals surface area contributed by atoms with Gasteiger partial charge < -0.3 is 26.0 Å². The van der Waals surface area contributed by atoms with Gasteiger partial charge in [0.25, 0.3) is 0 Å². The molecule has 2 aromatic carbocycles. The lowest BCUT2D eigenvalue weighted by Gasteiger charge is -2.07. The van der Waals surface area contributed by atoms with Crippen molar-refractivity contribution in [2.45, 2.75) is 38.5 Å². The molecule has 27 heavy (non-hydrogen) atoms. The zero-order valence-corrected chi connectivity index (χ0v) is 16.0. The van der Waals surface area contributed by atoms with Crippen molar-refractivity contribution >= 4 is 0 Å². The number of phenolic OH excluding ortho intramolecular Hbond substituents is 3. The molecule has 0 radical (unpaired) electrons. The molecule has 0 spiro atoms. The molecular formula is C22H32N2O3. The van der Waals surface area contributed by atoms with Crippen LogP contribution in [0.2, 0.25) is 0 Å². The first-order chi connectivity index (χ1) is 13.1. The highest BCUT2D eigenvalue weighted by Crippen LogP contribution is 2.24. The van der Waals surface area contributed by atoms with Crippen LogP contribution in [0, 0.1) is 0 Å². The predicted octanol–water partition coefficient (Wildman–Crippen LogP) is 3.33. The van der Waals surface area contributed by atoms with E-state index in [4.69, 9.17) is 0 Å². The van der Waals surface area contributed by atoms with Gasteiger partial charge >= 0.3 is 0 Å². The van der Waals surface area contributed by atoms with Crippen LogP contribution >= 0.6 is 0 Å². The molecule has 0 aliphatic rings. The van der Waals surface area contributed by atoms with Crippen molar-refractivity contribution in [2.24, 2.45) is 0 Å². The van der Waals surface area contributed by atoms with Crippen LogP contribution in [-0.2, 0) is 12.8 Å². The molecule has 5 heteroatoms. The average Bonchev–Trinajstić information content (AvgIpc) is 2.67. The van der Waals surface area contributed by atoms with Crippen molar-refractivity contribution in [1.29, 1.82) is 0 Å². The second-order valence-corrected chi connectivity index (χ2v) is 6.90. The van der Waals surface area contributed by atoms with Crippen molar-refractivity contribution in [3.8, 4) is 17.2 Å². The van der Waals surface area contributed by atoms with Gasteiger partial charge in [-0.2, -0.15) is 0 Å². The fraction of sp³-hybridized carbons (Fsp3) is 0.455. The number of phenols is 3. The van der Waals surface area contributed by atoms with E-state index >= 15 is 0 Å². The van der Waals surface area contributed by atoms with Crippen LogP contribution in [0.1, 0.15) is 36.8 Å². The van der Waals surface area contributed by atoms with E-state index in [0.29, 0.717) is 5.75 Å². The van der Waals surface area contributed by atoms with Crippen LogP contribution in [-0.4, -0.2) is 41.5 Å². The van der Waals surface area contributed by atoms with E-state index < -0.39 is 0 Å². The lowest BCUT2D eigenvalue weighted by atomic mass is 10.1. The Hall–Kier alpha value is -2.24. The highest BCUT2D eigenvalue weighted by atomic mass is 16.3. The second kappa shape index (κ2) is 12.2. The van der Waals surface area contributed by atoms with Crippen LogP contribution in [0.25, 0.3) is 0 Å². The number of rotatable bonds is 13. The lowest BCUT2D eigenvalue weighted by Crippen LogP contribution is -2.19. The van der Waals surface area contributed by atoms with Crippen molar-refractivity contribution < 1.29 is 15.3 Å². The number of hydrogen-bond acceptors (Lipinski definition) is 5. The monoisotopic (exact) mass is 372 g/mol.